The van der Waals surface area contributed by atoms with Crippen LogP contribution in [0.5, 0.6) is 5.75 Å². The summed E-state index contributed by atoms with van der Waals surface area (Å²) in [7, 11) is 0. The standard InChI is InChI=1S/C16H22BrNO2/c17-9-8-16(19)14-4-6-15(7-5-14)20-13-12-18-10-2-1-3-11-18/h4-7H,1-3,8-13H2. The van der Waals surface area contributed by atoms with E-state index in [-0.39, 0.29) is 5.78 Å². The molecule has 0 aliphatic carbocycles. The first-order valence-electron chi connectivity index (χ1n) is 7.34. The number of hydrogen-bond donors (Lipinski definition) is 0. The molecule has 20 heavy (non-hydrogen) atoms. The van der Waals surface area contributed by atoms with Crippen molar-refractivity contribution in [2.45, 2.75) is 25.7 Å². The number of carbonyl (C=O) groups excluding carboxylic acids is 1. The lowest BCUT2D eigenvalue weighted by atomic mass is 10.1. The van der Waals surface area contributed by atoms with Gasteiger partial charge in [0.15, 0.2) is 5.78 Å². The van der Waals surface area contributed by atoms with Crippen LogP contribution in [0.2, 0.25) is 0 Å². The number of carbonyl (C=O) groups is 1. The Bertz CT molecular complexity index is 413. The van der Waals surface area contributed by atoms with Gasteiger partial charge in [-0.2, -0.15) is 0 Å². The Morgan fingerprint density at radius 3 is 2.50 bits per heavy atom. The molecule has 0 aromatic heterocycles. The van der Waals surface area contributed by atoms with Crippen LogP contribution in [0.1, 0.15) is 36.0 Å². The van der Waals surface area contributed by atoms with Crippen LogP contribution in [0.25, 0.3) is 0 Å². The molecule has 0 radical (unpaired) electrons. The molecule has 1 aliphatic heterocycles. The van der Waals surface area contributed by atoms with Gasteiger partial charge in [-0.25, -0.2) is 0 Å². The minimum absolute atomic E-state index is 0.168. The van der Waals surface area contributed by atoms with Gasteiger partial charge in [-0.1, -0.05) is 22.4 Å². The number of halogens is 1. The normalized spacial score (nSPS) is 16.1. The Kier molecular flexibility index (Phi) is 6.54. The summed E-state index contributed by atoms with van der Waals surface area (Å²) in [5.41, 5.74) is 0.757. The van der Waals surface area contributed by atoms with Crippen molar-refractivity contribution in [3.8, 4) is 5.75 Å². The molecule has 0 atom stereocenters. The number of nitrogens with zero attached hydrogens (tertiary/aromatic N) is 1. The van der Waals surface area contributed by atoms with Gasteiger partial charge in [0.05, 0.1) is 0 Å². The molecule has 0 N–H and O–H groups in total. The van der Waals surface area contributed by atoms with E-state index < -0.39 is 0 Å². The summed E-state index contributed by atoms with van der Waals surface area (Å²) in [4.78, 5) is 14.2. The molecule has 0 unspecified atom stereocenters. The summed E-state index contributed by atoms with van der Waals surface area (Å²) in [5.74, 6) is 1.01. The highest BCUT2D eigenvalue weighted by molar-refractivity contribution is 9.09. The van der Waals surface area contributed by atoms with Crippen LogP contribution in [0, 0.1) is 0 Å². The predicted octanol–water partition coefficient (Wildman–Crippen LogP) is 3.52. The first-order chi connectivity index (χ1) is 9.79. The molecule has 1 saturated heterocycles. The van der Waals surface area contributed by atoms with Crippen molar-refractivity contribution in [3.05, 3.63) is 29.8 Å². The van der Waals surface area contributed by atoms with E-state index in [4.69, 9.17) is 4.74 Å². The zero-order valence-corrected chi connectivity index (χ0v) is 13.4. The first kappa shape index (κ1) is 15.5. The van der Waals surface area contributed by atoms with Crippen LogP contribution in [0.15, 0.2) is 24.3 Å². The summed E-state index contributed by atoms with van der Waals surface area (Å²) >= 11 is 3.28. The minimum atomic E-state index is 0.168. The zero-order chi connectivity index (χ0) is 14.2. The molecular weight excluding hydrogens is 318 g/mol. The van der Waals surface area contributed by atoms with Crippen molar-refractivity contribution < 1.29 is 9.53 Å². The lowest BCUT2D eigenvalue weighted by Crippen LogP contribution is -2.33. The van der Waals surface area contributed by atoms with Crippen LogP contribution in [0.3, 0.4) is 0 Å². The van der Waals surface area contributed by atoms with Crippen molar-refractivity contribution in [1.82, 2.24) is 4.90 Å². The second kappa shape index (κ2) is 8.42. The molecule has 1 aliphatic rings. The average molecular weight is 340 g/mol. The smallest absolute Gasteiger partial charge is 0.163 e. The van der Waals surface area contributed by atoms with Gasteiger partial charge in [0.25, 0.3) is 0 Å². The van der Waals surface area contributed by atoms with Crippen molar-refractivity contribution in [2.75, 3.05) is 31.6 Å². The molecule has 1 heterocycles. The van der Waals surface area contributed by atoms with Crippen LogP contribution in [-0.4, -0.2) is 42.3 Å². The third-order valence-electron chi connectivity index (χ3n) is 3.62. The first-order valence-corrected chi connectivity index (χ1v) is 8.46. The summed E-state index contributed by atoms with van der Waals surface area (Å²) in [6.45, 7) is 4.10. The number of ketones is 1. The number of Topliss-reactive ketones (excluding diaryl/α,β-unsaturated/α-hetero) is 1. The number of benzene rings is 1. The molecule has 0 spiro atoms. The fourth-order valence-corrected chi connectivity index (χ4v) is 2.80. The number of rotatable bonds is 7. The van der Waals surface area contributed by atoms with Gasteiger partial charge in [-0.15, -0.1) is 0 Å². The van der Waals surface area contributed by atoms with Gasteiger partial charge in [-0.05, 0) is 50.2 Å². The maximum atomic E-state index is 11.7. The van der Waals surface area contributed by atoms with E-state index in [0.29, 0.717) is 18.4 Å². The molecule has 1 fully saturated rings. The van der Waals surface area contributed by atoms with Gasteiger partial charge in [0.2, 0.25) is 0 Å². The largest absolute Gasteiger partial charge is 0.492 e. The molecule has 2 rings (SSSR count). The van der Waals surface area contributed by atoms with Crippen LogP contribution >= 0.6 is 15.9 Å². The number of likely N-dealkylation sites (tertiary alicyclic amines) is 1. The number of piperidine rings is 1. The Morgan fingerprint density at radius 2 is 1.85 bits per heavy atom. The summed E-state index contributed by atoms with van der Waals surface area (Å²) in [5, 5.41) is 0.708. The Balaban J connectivity index is 1.74. The summed E-state index contributed by atoms with van der Waals surface area (Å²) < 4.78 is 5.74. The number of hydrogen-bond acceptors (Lipinski definition) is 3. The Morgan fingerprint density at radius 1 is 1.15 bits per heavy atom. The number of ether oxygens (including phenoxy) is 1. The lowest BCUT2D eigenvalue weighted by Gasteiger charge is -2.26. The fraction of sp³-hybridized carbons (Fsp3) is 0.562. The SMILES string of the molecule is O=C(CCBr)c1ccc(OCCN2CCCCC2)cc1. The zero-order valence-electron chi connectivity index (χ0n) is 11.8. The molecule has 1 aromatic rings. The van der Waals surface area contributed by atoms with E-state index >= 15 is 0 Å². The van der Waals surface area contributed by atoms with E-state index in [1.807, 2.05) is 24.3 Å². The topological polar surface area (TPSA) is 29.5 Å². The van der Waals surface area contributed by atoms with E-state index in [1.54, 1.807) is 0 Å². The highest BCUT2D eigenvalue weighted by Crippen LogP contribution is 2.14. The second-order valence-corrected chi connectivity index (χ2v) is 5.93. The number of alkyl halides is 1. The maximum Gasteiger partial charge on any atom is 0.163 e. The highest BCUT2D eigenvalue weighted by atomic mass is 79.9. The van der Waals surface area contributed by atoms with Crippen LogP contribution in [0.4, 0.5) is 0 Å². The predicted molar refractivity (Wildman–Crippen MR) is 85.0 cm³/mol. The molecule has 0 bridgehead atoms. The van der Waals surface area contributed by atoms with Gasteiger partial charge in [-0.3, -0.25) is 9.69 Å². The molecule has 1 aromatic carbocycles. The molecule has 110 valence electrons. The minimum Gasteiger partial charge on any atom is -0.492 e. The molecule has 4 heteroatoms. The lowest BCUT2D eigenvalue weighted by molar-refractivity contribution is 0.0990. The molecular formula is C16H22BrNO2. The third kappa shape index (κ3) is 4.91. The van der Waals surface area contributed by atoms with Crippen LogP contribution < -0.4 is 4.74 Å². The second-order valence-electron chi connectivity index (χ2n) is 5.14. The van der Waals surface area contributed by atoms with Crippen molar-refractivity contribution in [3.63, 3.8) is 0 Å². The van der Waals surface area contributed by atoms with E-state index in [0.717, 1.165) is 17.9 Å². The van der Waals surface area contributed by atoms with Gasteiger partial charge in [0.1, 0.15) is 12.4 Å². The van der Waals surface area contributed by atoms with E-state index in [2.05, 4.69) is 20.8 Å². The molecule has 3 nitrogen and oxygen atoms in total. The molecule has 0 saturated carbocycles. The van der Waals surface area contributed by atoms with Gasteiger partial charge < -0.3 is 4.74 Å². The Hall–Kier alpha value is -0.870. The van der Waals surface area contributed by atoms with Crippen molar-refractivity contribution in [1.29, 1.82) is 0 Å². The van der Waals surface area contributed by atoms with Crippen LogP contribution in [-0.2, 0) is 0 Å². The quantitative estimate of drug-likeness (QED) is 0.562. The molecule has 0 amide bonds. The third-order valence-corrected chi connectivity index (χ3v) is 4.02. The summed E-state index contributed by atoms with van der Waals surface area (Å²) in [6.07, 6.45) is 4.52. The monoisotopic (exact) mass is 339 g/mol. The Labute approximate surface area is 129 Å². The van der Waals surface area contributed by atoms with E-state index in [1.165, 1.54) is 32.4 Å². The van der Waals surface area contributed by atoms with Gasteiger partial charge >= 0.3 is 0 Å². The van der Waals surface area contributed by atoms with Crippen molar-refractivity contribution in [2.24, 2.45) is 0 Å². The summed E-state index contributed by atoms with van der Waals surface area (Å²) in [6, 6.07) is 7.47. The van der Waals surface area contributed by atoms with E-state index in [9.17, 15) is 4.79 Å². The fourth-order valence-electron chi connectivity index (χ4n) is 2.44. The average Bonchev–Trinajstić information content (AvgIpc) is 2.49. The van der Waals surface area contributed by atoms with Gasteiger partial charge in [0, 0.05) is 23.9 Å². The highest BCUT2D eigenvalue weighted by Gasteiger charge is 2.09. The van der Waals surface area contributed by atoms with Crippen molar-refractivity contribution >= 4 is 21.7 Å². The maximum absolute atomic E-state index is 11.7.